The third kappa shape index (κ3) is 14.2. The monoisotopic (exact) mass is 798 g/mol. The van der Waals surface area contributed by atoms with Crippen molar-refractivity contribution < 1.29 is 9.47 Å². The van der Waals surface area contributed by atoms with E-state index in [0.717, 1.165) is 18.2 Å². The van der Waals surface area contributed by atoms with Gasteiger partial charge in [-0.15, -0.1) is 19.7 Å². The largest absolute Gasteiger partial charge is 0.478 e. The van der Waals surface area contributed by atoms with Gasteiger partial charge < -0.3 is 9.47 Å². The van der Waals surface area contributed by atoms with E-state index in [1.807, 2.05) is 0 Å². The maximum Gasteiger partial charge on any atom is 0.196 e. The number of aliphatic imine (C=N–C) groups is 2. The molecule has 0 spiro atoms. The second-order valence-electron chi connectivity index (χ2n) is 18.9. The third-order valence-corrected chi connectivity index (χ3v) is 27.2. The smallest absolute Gasteiger partial charge is 0.196 e. The molecule has 0 radical (unpaired) electrons. The molecule has 0 amide bonds. The molecule has 0 aliphatic carbocycles. The van der Waals surface area contributed by atoms with Gasteiger partial charge in [-0.25, -0.2) is 9.98 Å². The van der Waals surface area contributed by atoms with Gasteiger partial charge in [-0.1, -0.05) is 186 Å². The van der Waals surface area contributed by atoms with Gasteiger partial charge in [0.2, 0.25) is 0 Å². The van der Waals surface area contributed by atoms with E-state index < -0.39 is 32.3 Å². The van der Waals surface area contributed by atoms with Crippen LogP contribution in [-0.4, -0.2) is 57.3 Å². The molecule has 0 saturated heterocycles. The summed E-state index contributed by atoms with van der Waals surface area (Å²) in [5.41, 5.74) is 2.42. The summed E-state index contributed by atoms with van der Waals surface area (Å²) in [5.74, 6) is 1.63. The lowest BCUT2D eigenvalue weighted by atomic mass is 10.0. The first-order valence-electron chi connectivity index (χ1n) is 21.1. The Morgan fingerprint density at radius 3 is 1.26 bits per heavy atom. The van der Waals surface area contributed by atoms with Crippen molar-refractivity contribution in [2.24, 2.45) is 15.9 Å². The van der Waals surface area contributed by atoms with Crippen LogP contribution in [0, 0.1) is 5.92 Å². The average Bonchev–Trinajstić information content (AvgIpc) is 3.82. The first-order chi connectivity index (χ1) is 25.8. The molecule has 0 fully saturated rings. The fourth-order valence-electron chi connectivity index (χ4n) is 8.95. The molecule has 4 nitrogen and oxygen atoms in total. The van der Waals surface area contributed by atoms with Crippen molar-refractivity contribution in [3.8, 4) is 0 Å². The van der Waals surface area contributed by atoms with E-state index in [2.05, 4.69) is 138 Å². The van der Waals surface area contributed by atoms with E-state index in [-0.39, 0.29) is 18.0 Å². The van der Waals surface area contributed by atoms with E-state index in [1.54, 1.807) is 0 Å². The molecule has 0 bridgehead atoms. The maximum atomic E-state index is 6.48. The minimum atomic E-state index is -1.61. The van der Waals surface area contributed by atoms with Gasteiger partial charge in [0.05, 0.1) is 32.3 Å². The van der Waals surface area contributed by atoms with Crippen LogP contribution in [0.25, 0.3) is 0 Å². The average molecular weight is 799 g/mol. The van der Waals surface area contributed by atoms with Crippen LogP contribution in [0.2, 0.25) is 99.7 Å². The van der Waals surface area contributed by atoms with Crippen molar-refractivity contribution in [2.45, 2.75) is 144 Å². The third-order valence-electron chi connectivity index (χ3n) is 12.3. The highest BCUT2D eigenvalue weighted by Gasteiger charge is 2.38. The topological polar surface area (TPSA) is 43.2 Å². The zero-order valence-electron chi connectivity index (χ0n) is 35.1. The standard InChI is InChI=1S/C46H74N2O2Si4/c1-10-28-51(4,5)31-20-35-54(36-21-32-52(6,7)29-11-2,37-22-33-53(8,9)30-12-3)34-19-27-42(45-47-43(38-49-45)40-23-15-13-16-24-40)46-48-44(39-50-46)41-25-17-14-18-26-41/h10-18,23-26,42-44H,1-3,19-22,27-39H2,4-9H3/t43-,44-/m1/s1. The molecule has 0 unspecified atom stereocenters. The summed E-state index contributed by atoms with van der Waals surface area (Å²) in [6.07, 6.45) is 12.9. The van der Waals surface area contributed by atoms with Crippen molar-refractivity contribution in [3.63, 3.8) is 0 Å². The van der Waals surface area contributed by atoms with Crippen LogP contribution >= 0.6 is 0 Å². The molecule has 2 atom stereocenters. The van der Waals surface area contributed by atoms with Crippen LogP contribution in [0.5, 0.6) is 0 Å². The van der Waals surface area contributed by atoms with Crippen molar-refractivity contribution in [2.75, 3.05) is 13.2 Å². The maximum absolute atomic E-state index is 6.48. The summed E-state index contributed by atoms with van der Waals surface area (Å²) < 4.78 is 13.0. The Labute approximate surface area is 334 Å². The quantitative estimate of drug-likeness (QED) is 0.0703. The first-order valence-corrected chi connectivity index (χ1v) is 34.2. The van der Waals surface area contributed by atoms with Crippen LogP contribution in [0.3, 0.4) is 0 Å². The molecule has 2 aliphatic rings. The summed E-state index contributed by atoms with van der Waals surface area (Å²) in [6.45, 7) is 29.0. The van der Waals surface area contributed by atoms with Gasteiger partial charge in [-0.05, 0) is 35.7 Å². The van der Waals surface area contributed by atoms with E-state index in [9.17, 15) is 0 Å². The molecular formula is C46H74N2O2Si4. The lowest BCUT2D eigenvalue weighted by Crippen LogP contribution is -2.37. The fourth-order valence-corrected chi connectivity index (χ4v) is 21.6. The Hall–Kier alpha value is -2.53. The normalized spacial score (nSPS) is 17.8. The minimum absolute atomic E-state index is 0.0262. The number of rotatable bonds is 26. The highest BCUT2D eigenvalue weighted by Crippen LogP contribution is 2.39. The molecular weight excluding hydrogens is 725 g/mol. The molecule has 4 rings (SSSR count). The Morgan fingerprint density at radius 2 is 0.907 bits per heavy atom. The van der Waals surface area contributed by atoms with Gasteiger partial charge in [-0.2, -0.15) is 0 Å². The Morgan fingerprint density at radius 1 is 0.556 bits per heavy atom. The fraction of sp³-hybridized carbons (Fsp3) is 0.565. The van der Waals surface area contributed by atoms with Gasteiger partial charge >= 0.3 is 0 Å². The summed E-state index contributed by atoms with van der Waals surface area (Å²) in [6, 6.07) is 35.0. The highest BCUT2D eigenvalue weighted by atomic mass is 28.3. The number of hydrogen-bond acceptors (Lipinski definition) is 4. The number of nitrogens with zero attached hydrogens (tertiary/aromatic N) is 2. The van der Waals surface area contributed by atoms with Crippen LogP contribution in [0.4, 0.5) is 0 Å². The lowest BCUT2D eigenvalue weighted by molar-refractivity contribution is 0.281. The summed E-state index contributed by atoms with van der Waals surface area (Å²) in [5, 5.41) is 0. The zero-order valence-corrected chi connectivity index (χ0v) is 39.1. The van der Waals surface area contributed by atoms with Gasteiger partial charge in [-0.3, -0.25) is 0 Å². The van der Waals surface area contributed by atoms with Crippen molar-refractivity contribution in [3.05, 3.63) is 110 Å². The minimum Gasteiger partial charge on any atom is -0.478 e. The second-order valence-corrected chi connectivity index (χ2v) is 39.6. The molecule has 296 valence electrons. The molecule has 2 aliphatic heterocycles. The van der Waals surface area contributed by atoms with E-state index in [0.29, 0.717) is 13.2 Å². The summed E-state index contributed by atoms with van der Waals surface area (Å²) >= 11 is 0. The van der Waals surface area contributed by atoms with Crippen LogP contribution in [0.15, 0.2) is 109 Å². The summed E-state index contributed by atoms with van der Waals surface area (Å²) in [7, 11) is -5.42. The predicted molar refractivity (Wildman–Crippen MR) is 249 cm³/mol. The van der Waals surface area contributed by atoms with E-state index in [4.69, 9.17) is 19.5 Å². The number of benzene rings is 2. The zero-order chi connectivity index (χ0) is 39.1. The SMILES string of the molecule is C=CC[Si](C)(C)CCC[Si](CCCC(C1=N[C@@H](c2ccccc2)CO1)C1=N[C@@H](c2ccccc2)CO1)(CCC[Si](C)(C)CC=C)CCC[Si](C)(C)CC=C. The van der Waals surface area contributed by atoms with Crippen molar-refractivity contribution >= 4 is 44.1 Å². The van der Waals surface area contributed by atoms with E-state index in [1.165, 1.54) is 97.3 Å². The molecule has 2 aromatic carbocycles. The van der Waals surface area contributed by atoms with Gasteiger partial charge in [0.15, 0.2) is 11.8 Å². The lowest BCUT2D eigenvalue weighted by Gasteiger charge is -2.36. The Kier molecular flexibility index (Phi) is 17.3. The predicted octanol–water partition coefficient (Wildman–Crippen LogP) is 14.0. The molecule has 0 aromatic heterocycles. The Bertz CT molecular complexity index is 1390. The van der Waals surface area contributed by atoms with Crippen LogP contribution in [-0.2, 0) is 9.47 Å². The van der Waals surface area contributed by atoms with Gasteiger partial charge in [0, 0.05) is 0 Å². The number of allylic oxidation sites excluding steroid dienone is 3. The molecule has 8 heteroatoms. The van der Waals surface area contributed by atoms with Crippen LogP contribution in [0.1, 0.15) is 55.3 Å². The molecule has 2 heterocycles. The molecule has 0 N–H and O–H groups in total. The molecule has 0 saturated carbocycles. The van der Waals surface area contributed by atoms with Gasteiger partial charge in [0.1, 0.15) is 31.2 Å². The molecule has 2 aromatic rings. The van der Waals surface area contributed by atoms with Gasteiger partial charge in [0.25, 0.3) is 0 Å². The van der Waals surface area contributed by atoms with Crippen LogP contribution < -0.4 is 0 Å². The van der Waals surface area contributed by atoms with Crippen molar-refractivity contribution in [1.29, 1.82) is 0 Å². The summed E-state index contributed by atoms with van der Waals surface area (Å²) in [4.78, 5) is 10.5. The highest BCUT2D eigenvalue weighted by molar-refractivity contribution is 6.82. The van der Waals surface area contributed by atoms with Crippen molar-refractivity contribution in [1.82, 2.24) is 0 Å². The number of hydrogen-bond donors (Lipinski definition) is 0. The first kappa shape index (κ1) is 44.2. The second kappa shape index (κ2) is 21.1. The number of ether oxygens (including phenoxy) is 2. The Balaban J connectivity index is 1.61. The molecule has 54 heavy (non-hydrogen) atoms. The van der Waals surface area contributed by atoms with E-state index >= 15 is 0 Å².